The first-order chi connectivity index (χ1) is 8.20. The van der Waals surface area contributed by atoms with E-state index in [2.05, 4.69) is 9.88 Å². The molecule has 5 heteroatoms. The SMILES string of the molecule is COCCN1C[C@H](c2ccc(F)cn2)[C@@H](N)C1. The summed E-state index contributed by atoms with van der Waals surface area (Å²) < 4.78 is 17.8. The molecule has 1 aliphatic rings. The summed E-state index contributed by atoms with van der Waals surface area (Å²) in [5, 5.41) is 0. The lowest BCUT2D eigenvalue weighted by Crippen LogP contribution is -2.30. The third-order valence-electron chi connectivity index (χ3n) is 3.18. The molecule has 0 radical (unpaired) electrons. The van der Waals surface area contributed by atoms with Crippen molar-refractivity contribution in [3.05, 3.63) is 29.8 Å². The number of nitrogens with zero attached hydrogens (tertiary/aromatic N) is 2. The van der Waals surface area contributed by atoms with Gasteiger partial charge in [-0.15, -0.1) is 0 Å². The van der Waals surface area contributed by atoms with Crippen LogP contribution in [0.25, 0.3) is 0 Å². The topological polar surface area (TPSA) is 51.4 Å². The van der Waals surface area contributed by atoms with Gasteiger partial charge in [-0.2, -0.15) is 0 Å². The Bertz CT molecular complexity index is 357. The first-order valence-corrected chi connectivity index (χ1v) is 5.79. The fourth-order valence-electron chi connectivity index (χ4n) is 2.24. The molecular weight excluding hydrogens is 221 g/mol. The Labute approximate surface area is 101 Å². The molecule has 1 fully saturated rings. The average Bonchev–Trinajstić information content (AvgIpc) is 2.69. The van der Waals surface area contributed by atoms with Crippen LogP contribution < -0.4 is 5.73 Å². The van der Waals surface area contributed by atoms with Crippen LogP contribution in [0.1, 0.15) is 11.6 Å². The number of aromatic nitrogens is 1. The van der Waals surface area contributed by atoms with Crippen molar-refractivity contribution in [1.82, 2.24) is 9.88 Å². The second kappa shape index (κ2) is 5.53. The van der Waals surface area contributed by atoms with Gasteiger partial charge >= 0.3 is 0 Å². The van der Waals surface area contributed by atoms with Gasteiger partial charge in [-0.1, -0.05) is 0 Å². The molecule has 2 atom stereocenters. The van der Waals surface area contributed by atoms with Crippen molar-refractivity contribution in [3.63, 3.8) is 0 Å². The van der Waals surface area contributed by atoms with E-state index < -0.39 is 0 Å². The van der Waals surface area contributed by atoms with E-state index in [1.54, 1.807) is 13.2 Å². The van der Waals surface area contributed by atoms with Crippen molar-refractivity contribution in [2.75, 3.05) is 33.4 Å². The molecule has 0 bridgehead atoms. The number of methoxy groups -OCH3 is 1. The van der Waals surface area contributed by atoms with Crippen molar-refractivity contribution in [1.29, 1.82) is 0 Å². The number of rotatable bonds is 4. The van der Waals surface area contributed by atoms with E-state index >= 15 is 0 Å². The van der Waals surface area contributed by atoms with Gasteiger partial charge in [0.25, 0.3) is 0 Å². The van der Waals surface area contributed by atoms with E-state index in [4.69, 9.17) is 10.5 Å². The van der Waals surface area contributed by atoms with Gasteiger partial charge < -0.3 is 10.5 Å². The van der Waals surface area contributed by atoms with Crippen LogP contribution in [0, 0.1) is 5.82 Å². The summed E-state index contributed by atoms with van der Waals surface area (Å²) in [7, 11) is 1.69. The Morgan fingerprint density at radius 1 is 1.53 bits per heavy atom. The standard InChI is InChI=1S/C12H18FN3O/c1-17-5-4-16-7-10(11(14)8-16)12-3-2-9(13)6-15-12/h2-3,6,10-11H,4-5,7-8,14H2,1H3/t10-,11-/m0/s1. The molecular formula is C12H18FN3O. The molecule has 0 aliphatic carbocycles. The molecule has 94 valence electrons. The molecule has 2 rings (SSSR count). The molecule has 0 unspecified atom stereocenters. The molecule has 1 aliphatic heterocycles. The molecule has 1 saturated heterocycles. The molecule has 2 heterocycles. The maximum atomic E-state index is 12.8. The molecule has 1 aromatic heterocycles. The van der Waals surface area contributed by atoms with E-state index in [9.17, 15) is 4.39 Å². The first kappa shape index (κ1) is 12.4. The molecule has 0 saturated carbocycles. The summed E-state index contributed by atoms with van der Waals surface area (Å²) >= 11 is 0. The van der Waals surface area contributed by atoms with Crippen molar-refractivity contribution in [2.45, 2.75) is 12.0 Å². The minimum Gasteiger partial charge on any atom is -0.383 e. The van der Waals surface area contributed by atoms with Crippen molar-refractivity contribution < 1.29 is 9.13 Å². The zero-order chi connectivity index (χ0) is 12.3. The molecule has 4 nitrogen and oxygen atoms in total. The van der Waals surface area contributed by atoms with Crippen LogP contribution in [0.3, 0.4) is 0 Å². The quantitative estimate of drug-likeness (QED) is 0.835. The molecule has 0 spiro atoms. The van der Waals surface area contributed by atoms with Crippen LogP contribution in [0.2, 0.25) is 0 Å². The Balaban J connectivity index is 2.00. The zero-order valence-corrected chi connectivity index (χ0v) is 9.97. The zero-order valence-electron chi connectivity index (χ0n) is 9.97. The molecule has 1 aromatic rings. The second-order valence-corrected chi connectivity index (χ2v) is 4.42. The van der Waals surface area contributed by atoms with E-state index in [0.29, 0.717) is 6.61 Å². The smallest absolute Gasteiger partial charge is 0.141 e. The van der Waals surface area contributed by atoms with Crippen LogP contribution >= 0.6 is 0 Å². The van der Waals surface area contributed by atoms with Gasteiger partial charge in [0.05, 0.1) is 12.8 Å². The average molecular weight is 239 g/mol. The van der Waals surface area contributed by atoms with Crippen molar-refractivity contribution in [3.8, 4) is 0 Å². The van der Waals surface area contributed by atoms with E-state index in [1.165, 1.54) is 12.3 Å². The Kier molecular flexibility index (Phi) is 4.04. The van der Waals surface area contributed by atoms with Crippen LogP contribution in [-0.4, -0.2) is 49.3 Å². The molecule has 0 aromatic carbocycles. The Morgan fingerprint density at radius 2 is 2.35 bits per heavy atom. The van der Waals surface area contributed by atoms with Crippen LogP contribution in [0.5, 0.6) is 0 Å². The number of hydrogen-bond donors (Lipinski definition) is 1. The third-order valence-corrected chi connectivity index (χ3v) is 3.18. The van der Waals surface area contributed by atoms with E-state index in [1.807, 2.05) is 0 Å². The monoisotopic (exact) mass is 239 g/mol. The van der Waals surface area contributed by atoms with Crippen molar-refractivity contribution in [2.24, 2.45) is 5.73 Å². The lowest BCUT2D eigenvalue weighted by atomic mass is 10.00. The first-order valence-electron chi connectivity index (χ1n) is 5.79. The predicted molar refractivity (Wildman–Crippen MR) is 63.2 cm³/mol. The fourth-order valence-corrected chi connectivity index (χ4v) is 2.24. The lowest BCUT2D eigenvalue weighted by Gasteiger charge is -2.14. The van der Waals surface area contributed by atoms with E-state index in [0.717, 1.165) is 25.3 Å². The van der Waals surface area contributed by atoms with Gasteiger partial charge in [-0.3, -0.25) is 9.88 Å². The number of halogens is 1. The van der Waals surface area contributed by atoms with Gasteiger partial charge in [-0.25, -0.2) is 4.39 Å². The van der Waals surface area contributed by atoms with Crippen molar-refractivity contribution >= 4 is 0 Å². The van der Waals surface area contributed by atoms with E-state index in [-0.39, 0.29) is 17.8 Å². The third kappa shape index (κ3) is 3.00. The summed E-state index contributed by atoms with van der Waals surface area (Å²) in [6.07, 6.45) is 1.25. The maximum Gasteiger partial charge on any atom is 0.141 e. The van der Waals surface area contributed by atoms with Gasteiger partial charge in [0.15, 0.2) is 0 Å². The number of hydrogen-bond acceptors (Lipinski definition) is 4. The van der Waals surface area contributed by atoms with Gasteiger partial charge in [0.2, 0.25) is 0 Å². The summed E-state index contributed by atoms with van der Waals surface area (Å²) in [4.78, 5) is 6.37. The second-order valence-electron chi connectivity index (χ2n) is 4.42. The van der Waals surface area contributed by atoms with Gasteiger partial charge in [0, 0.05) is 44.4 Å². The Hall–Kier alpha value is -1.04. The molecule has 17 heavy (non-hydrogen) atoms. The predicted octanol–water partition coefficient (Wildman–Crippen LogP) is 0.594. The van der Waals surface area contributed by atoms with Crippen LogP contribution in [-0.2, 0) is 4.74 Å². The van der Waals surface area contributed by atoms with Gasteiger partial charge in [0.1, 0.15) is 5.82 Å². The number of ether oxygens (including phenoxy) is 1. The fraction of sp³-hybridized carbons (Fsp3) is 0.583. The Morgan fingerprint density at radius 3 is 3.00 bits per heavy atom. The highest BCUT2D eigenvalue weighted by atomic mass is 19.1. The number of likely N-dealkylation sites (tertiary alicyclic amines) is 1. The lowest BCUT2D eigenvalue weighted by molar-refractivity contribution is 0.159. The highest BCUT2D eigenvalue weighted by Gasteiger charge is 2.31. The molecule has 0 amide bonds. The normalized spacial score (nSPS) is 25.4. The highest BCUT2D eigenvalue weighted by Crippen LogP contribution is 2.24. The minimum atomic E-state index is -0.309. The summed E-state index contributed by atoms with van der Waals surface area (Å²) in [5.41, 5.74) is 6.97. The number of nitrogens with two attached hydrogens (primary N) is 1. The van der Waals surface area contributed by atoms with Crippen LogP contribution in [0.4, 0.5) is 4.39 Å². The maximum absolute atomic E-state index is 12.8. The largest absolute Gasteiger partial charge is 0.383 e. The summed E-state index contributed by atoms with van der Waals surface area (Å²) in [6.45, 7) is 3.29. The van der Waals surface area contributed by atoms with Crippen LogP contribution in [0.15, 0.2) is 18.3 Å². The molecule has 2 N–H and O–H groups in total. The minimum absolute atomic E-state index is 0.0600. The highest BCUT2D eigenvalue weighted by molar-refractivity contribution is 5.16. The van der Waals surface area contributed by atoms with Gasteiger partial charge in [-0.05, 0) is 12.1 Å². The summed E-state index contributed by atoms with van der Waals surface area (Å²) in [5.74, 6) is -0.121. The summed E-state index contributed by atoms with van der Waals surface area (Å²) in [6, 6.07) is 3.22. The number of pyridine rings is 1.